The summed E-state index contributed by atoms with van der Waals surface area (Å²) in [4.78, 5) is 35.8. The maximum Gasteiger partial charge on any atom is 0.245 e. The Kier molecular flexibility index (Phi) is 16.9. The zero-order chi connectivity index (χ0) is 23.5. The Balaban J connectivity index is 0.000000539. The number of hydrogen-bond acceptors (Lipinski definition) is 5. The molecular formula is C23H40N4O4. The van der Waals surface area contributed by atoms with Crippen molar-refractivity contribution in [3.63, 3.8) is 0 Å². The molecule has 1 atom stereocenters. The summed E-state index contributed by atoms with van der Waals surface area (Å²) < 4.78 is 4.69. The minimum absolute atomic E-state index is 0.0248. The normalized spacial score (nSPS) is 13.1. The second-order valence-electron chi connectivity index (χ2n) is 6.78. The maximum absolute atomic E-state index is 11.9. The van der Waals surface area contributed by atoms with E-state index >= 15 is 0 Å². The van der Waals surface area contributed by atoms with Gasteiger partial charge in [0.15, 0.2) is 0 Å². The van der Waals surface area contributed by atoms with Crippen molar-refractivity contribution in [2.45, 2.75) is 52.5 Å². The largest absolute Gasteiger partial charge is 0.375 e. The number of amides is 3. The highest BCUT2D eigenvalue weighted by Gasteiger charge is 2.25. The molecule has 1 fully saturated rings. The number of methoxy groups -OCH3 is 1. The van der Waals surface area contributed by atoms with Gasteiger partial charge >= 0.3 is 0 Å². The van der Waals surface area contributed by atoms with Crippen molar-refractivity contribution in [1.29, 1.82) is 0 Å². The molecule has 1 aromatic rings. The summed E-state index contributed by atoms with van der Waals surface area (Å²) in [7, 11) is 1.51. The Morgan fingerprint density at radius 1 is 1.10 bits per heavy atom. The van der Waals surface area contributed by atoms with Crippen molar-refractivity contribution in [3.8, 4) is 0 Å². The Labute approximate surface area is 186 Å². The lowest BCUT2D eigenvalue weighted by Crippen LogP contribution is -2.48. The molecule has 0 aromatic heterocycles. The van der Waals surface area contributed by atoms with Crippen LogP contribution in [0.1, 0.15) is 45.6 Å². The number of likely N-dealkylation sites (tertiary alicyclic amines) is 1. The summed E-state index contributed by atoms with van der Waals surface area (Å²) in [6.45, 7) is 8.24. The summed E-state index contributed by atoms with van der Waals surface area (Å²) in [5.74, 6) is -0.311. The first kappa shape index (κ1) is 28.5. The van der Waals surface area contributed by atoms with Crippen LogP contribution in [0.5, 0.6) is 0 Å². The minimum atomic E-state index is -0.404. The molecule has 4 N–H and O–H groups in total. The highest BCUT2D eigenvalue weighted by atomic mass is 16.5. The molecule has 8 nitrogen and oxygen atoms in total. The van der Waals surface area contributed by atoms with E-state index in [1.54, 1.807) is 0 Å². The molecule has 1 unspecified atom stereocenters. The number of benzene rings is 1. The molecule has 0 saturated carbocycles. The monoisotopic (exact) mass is 436 g/mol. The van der Waals surface area contributed by atoms with Crippen LogP contribution in [0.25, 0.3) is 0 Å². The summed E-state index contributed by atoms with van der Waals surface area (Å²) >= 11 is 0. The average Bonchev–Trinajstić information content (AvgIpc) is 3.34. The Bertz CT molecular complexity index is 619. The van der Waals surface area contributed by atoms with E-state index in [-0.39, 0.29) is 30.9 Å². The standard InChI is InChI=1S/C11H15NO2.C10H19N3O2.C2H6/c1-14-9-11(13)12-8-7-10-5-3-2-4-6-10;1-2-8(12-9(14)7-11)10(15)13-5-3-4-6-13;1-2/h2-6H,7-9H2,1H3,(H,12,13);8H,2-7,11H2,1H3,(H,12,14);1-2H3. The van der Waals surface area contributed by atoms with Crippen LogP contribution in [-0.2, 0) is 25.5 Å². The van der Waals surface area contributed by atoms with Gasteiger partial charge in [-0.25, -0.2) is 0 Å². The van der Waals surface area contributed by atoms with Gasteiger partial charge in [0, 0.05) is 26.7 Å². The van der Waals surface area contributed by atoms with E-state index in [4.69, 9.17) is 10.5 Å². The van der Waals surface area contributed by atoms with E-state index in [0.29, 0.717) is 13.0 Å². The van der Waals surface area contributed by atoms with E-state index in [2.05, 4.69) is 10.6 Å². The lowest BCUT2D eigenvalue weighted by atomic mass is 10.1. The Morgan fingerprint density at radius 2 is 1.71 bits per heavy atom. The summed E-state index contributed by atoms with van der Waals surface area (Å²) in [6.07, 6.45) is 3.59. The summed E-state index contributed by atoms with van der Waals surface area (Å²) in [6, 6.07) is 9.65. The van der Waals surface area contributed by atoms with Crippen molar-refractivity contribution < 1.29 is 19.1 Å². The van der Waals surface area contributed by atoms with Gasteiger partial charge in [-0.15, -0.1) is 0 Å². The predicted molar refractivity (Wildman–Crippen MR) is 123 cm³/mol. The van der Waals surface area contributed by atoms with Gasteiger partial charge in [0.1, 0.15) is 12.6 Å². The van der Waals surface area contributed by atoms with Gasteiger partial charge in [0.25, 0.3) is 0 Å². The molecule has 176 valence electrons. The molecular weight excluding hydrogens is 396 g/mol. The number of hydrogen-bond donors (Lipinski definition) is 3. The molecule has 3 amide bonds. The molecule has 1 aliphatic heterocycles. The number of carbonyl (C=O) groups is 3. The fraction of sp³-hybridized carbons (Fsp3) is 0.609. The van der Waals surface area contributed by atoms with E-state index in [0.717, 1.165) is 32.4 Å². The SMILES string of the molecule is CC.CCC(NC(=O)CN)C(=O)N1CCCC1.COCC(=O)NCCc1ccccc1. The number of nitrogens with zero attached hydrogens (tertiary/aromatic N) is 1. The van der Waals surface area contributed by atoms with Crippen LogP contribution in [0.15, 0.2) is 30.3 Å². The molecule has 8 heteroatoms. The second kappa shape index (κ2) is 18.3. The quantitative estimate of drug-likeness (QED) is 0.543. The predicted octanol–water partition coefficient (Wildman–Crippen LogP) is 1.48. The van der Waals surface area contributed by atoms with Crippen molar-refractivity contribution >= 4 is 17.7 Å². The van der Waals surface area contributed by atoms with Crippen molar-refractivity contribution in [2.24, 2.45) is 5.73 Å². The van der Waals surface area contributed by atoms with Crippen LogP contribution in [0, 0.1) is 0 Å². The van der Waals surface area contributed by atoms with Crippen molar-refractivity contribution in [3.05, 3.63) is 35.9 Å². The molecule has 0 aliphatic carbocycles. The maximum atomic E-state index is 11.9. The Hall–Kier alpha value is -2.45. The third-order valence-electron chi connectivity index (χ3n) is 4.50. The van der Waals surface area contributed by atoms with Gasteiger partial charge in [-0.2, -0.15) is 0 Å². The molecule has 1 aromatic carbocycles. The molecule has 0 spiro atoms. The fourth-order valence-corrected chi connectivity index (χ4v) is 2.92. The average molecular weight is 437 g/mol. The van der Waals surface area contributed by atoms with Gasteiger partial charge in [0.2, 0.25) is 17.7 Å². The van der Waals surface area contributed by atoms with Crippen molar-refractivity contribution in [1.82, 2.24) is 15.5 Å². The van der Waals surface area contributed by atoms with Gasteiger partial charge in [-0.3, -0.25) is 14.4 Å². The molecule has 1 saturated heterocycles. The molecule has 2 rings (SSSR count). The number of ether oxygens (including phenoxy) is 1. The number of nitrogens with two attached hydrogens (primary N) is 1. The fourth-order valence-electron chi connectivity index (χ4n) is 2.92. The van der Waals surface area contributed by atoms with Gasteiger partial charge in [-0.05, 0) is 31.2 Å². The van der Waals surface area contributed by atoms with Crippen LogP contribution < -0.4 is 16.4 Å². The zero-order valence-corrected chi connectivity index (χ0v) is 19.5. The van der Waals surface area contributed by atoms with E-state index in [1.165, 1.54) is 12.7 Å². The third-order valence-corrected chi connectivity index (χ3v) is 4.50. The molecule has 0 radical (unpaired) electrons. The number of nitrogens with one attached hydrogen (secondary N) is 2. The summed E-state index contributed by atoms with van der Waals surface area (Å²) in [5.41, 5.74) is 6.42. The number of rotatable bonds is 9. The Morgan fingerprint density at radius 3 is 2.23 bits per heavy atom. The molecule has 1 aliphatic rings. The van der Waals surface area contributed by atoms with E-state index < -0.39 is 6.04 Å². The highest BCUT2D eigenvalue weighted by Crippen LogP contribution is 2.10. The third kappa shape index (κ3) is 12.8. The smallest absolute Gasteiger partial charge is 0.245 e. The van der Waals surface area contributed by atoms with Crippen LogP contribution in [0.2, 0.25) is 0 Å². The van der Waals surface area contributed by atoms with Crippen LogP contribution >= 0.6 is 0 Å². The van der Waals surface area contributed by atoms with E-state index in [1.807, 2.05) is 56.0 Å². The number of carbonyl (C=O) groups excluding carboxylic acids is 3. The van der Waals surface area contributed by atoms with Gasteiger partial charge in [-0.1, -0.05) is 51.1 Å². The minimum Gasteiger partial charge on any atom is -0.375 e. The highest BCUT2D eigenvalue weighted by molar-refractivity contribution is 5.88. The molecule has 31 heavy (non-hydrogen) atoms. The zero-order valence-electron chi connectivity index (χ0n) is 19.5. The lowest BCUT2D eigenvalue weighted by molar-refractivity contribution is -0.135. The lowest BCUT2D eigenvalue weighted by Gasteiger charge is -2.22. The summed E-state index contributed by atoms with van der Waals surface area (Å²) in [5, 5.41) is 5.41. The van der Waals surface area contributed by atoms with Gasteiger partial charge in [0.05, 0.1) is 6.54 Å². The molecule has 1 heterocycles. The van der Waals surface area contributed by atoms with Crippen molar-refractivity contribution in [2.75, 3.05) is 39.9 Å². The second-order valence-corrected chi connectivity index (χ2v) is 6.78. The van der Waals surface area contributed by atoms with Crippen LogP contribution in [-0.4, -0.2) is 68.6 Å². The van der Waals surface area contributed by atoms with E-state index in [9.17, 15) is 14.4 Å². The topological polar surface area (TPSA) is 114 Å². The van der Waals surface area contributed by atoms with Gasteiger partial charge < -0.3 is 26.0 Å². The first-order valence-corrected chi connectivity index (χ1v) is 11.1. The van der Waals surface area contributed by atoms with Crippen LogP contribution in [0.4, 0.5) is 0 Å². The first-order valence-electron chi connectivity index (χ1n) is 11.1. The molecule has 0 bridgehead atoms. The van der Waals surface area contributed by atoms with Crippen LogP contribution in [0.3, 0.4) is 0 Å². The first-order chi connectivity index (χ1) is 15.0.